The average molecular weight is 239 g/mol. The highest BCUT2D eigenvalue weighted by Gasteiger charge is 2.05. The maximum atomic E-state index is 3.28. The molecule has 0 amide bonds. The molecule has 1 nitrogen and oxygen atoms in total. The fraction of sp³-hybridized carbons (Fsp3) is 0.294. The molecule has 0 fully saturated rings. The van der Waals surface area contributed by atoms with Crippen molar-refractivity contribution in [1.82, 2.24) is 5.32 Å². The first kappa shape index (κ1) is 12.8. The van der Waals surface area contributed by atoms with E-state index in [9.17, 15) is 0 Å². The minimum Gasteiger partial charge on any atom is -0.313 e. The Bertz CT molecular complexity index is 543. The maximum absolute atomic E-state index is 3.28. The summed E-state index contributed by atoms with van der Waals surface area (Å²) >= 11 is 0. The fourth-order valence-corrected chi connectivity index (χ4v) is 2.08. The van der Waals surface area contributed by atoms with Crippen LogP contribution in [0.4, 0.5) is 0 Å². The molecule has 0 radical (unpaired) electrons. The second kappa shape index (κ2) is 5.36. The highest BCUT2D eigenvalue weighted by Crippen LogP contribution is 2.25. The van der Waals surface area contributed by atoms with Crippen LogP contribution in [0.1, 0.15) is 29.7 Å². The zero-order valence-corrected chi connectivity index (χ0v) is 11.6. The van der Waals surface area contributed by atoms with Gasteiger partial charge in [-0.3, -0.25) is 0 Å². The van der Waals surface area contributed by atoms with Crippen LogP contribution in [0.3, 0.4) is 0 Å². The quantitative estimate of drug-likeness (QED) is 0.844. The smallest absolute Gasteiger partial charge is 0.0289 e. The molecule has 1 atom stereocenters. The van der Waals surface area contributed by atoms with Gasteiger partial charge < -0.3 is 5.32 Å². The molecule has 1 unspecified atom stereocenters. The van der Waals surface area contributed by atoms with Crippen LogP contribution in [-0.4, -0.2) is 7.05 Å². The number of hydrogen-bond acceptors (Lipinski definition) is 1. The topological polar surface area (TPSA) is 12.0 Å². The first-order valence-electron chi connectivity index (χ1n) is 6.46. The molecule has 2 aromatic carbocycles. The van der Waals surface area contributed by atoms with Gasteiger partial charge in [0.2, 0.25) is 0 Å². The van der Waals surface area contributed by atoms with Crippen molar-refractivity contribution in [1.29, 1.82) is 0 Å². The molecule has 0 saturated carbocycles. The molecule has 0 bridgehead atoms. The van der Waals surface area contributed by atoms with Gasteiger partial charge >= 0.3 is 0 Å². The Morgan fingerprint density at radius 3 is 2.28 bits per heavy atom. The lowest BCUT2D eigenvalue weighted by Gasteiger charge is -2.12. The summed E-state index contributed by atoms with van der Waals surface area (Å²) in [6.07, 6.45) is 0. The first-order valence-corrected chi connectivity index (χ1v) is 6.46. The van der Waals surface area contributed by atoms with Crippen LogP contribution >= 0.6 is 0 Å². The molecule has 0 saturated heterocycles. The summed E-state index contributed by atoms with van der Waals surface area (Å²) in [5, 5.41) is 3.28. The second-order valence-electron chi connectivity index (χ2n) is 4.93. The molecule has 0 heterocycles. The molecule has 0 aromatic heterocycles. The van der Waals surface area contributed by atoms with Gasteiger partial charge in [0.05, 0.1) is 0 Å². The van der Waals surface area contributed by atoms with E-state index in [0.29, 0.717) is 6.04 Å². The number of nitrogens with one attached hydrogen (secondary N) is 1. The second-order valence-corrected chi connectivity index (χ2v) is 4.93. The Hall–Kier alpha value is -1.60. The number of aryl methyl sites for hydroxylation is 2. The molecule has 94 valence electrons. The van der Waals surface area contributed by atoms with Crippen molar-refractivity contribution in [2.24, 2.45) is 0 Å². The minimum absolute atomic E-state index is 0.386. The van der Waals surface area contributed by atoms with Crippen molar-refractivity contribution < 1.29 is 0 Å². The summed E-state index contributed by atoms with van der Waals surface area (Å²) in [7, 11) is 1.99. The van der Waals surface area contributed by atoms with Crippen LogP contribution in [0.2, 0.25) is 0 Å². The van der Waals surface area contributed by atoms with Crippen molar-refractivity contribution in [3.8, 4) is 11.1 Å². The van der Waals surface area contributed by atoms with E-state index in [0.717, 1.165) is 0 Å². The third-order valence-corrected chi connectivity index (χ3v) is 3.66. The first-order chi connectivity index (χ1) is 8.61. The fourth-order valence-electron chi connectivity index (χ4n) is 2.08. The van der Waals surface area contributed by atoms with Crippen molar-refractivity contribution in [2.45, 2.75) is 26.8 Å². The van der Waals surface area contributed by atoms with E-state index in [-0.39, 0.29) is 0 Å². The highest BCUT2D eigenvalue weighted by molar-refractivity contribution is 5.65. The van der Waals surface area contributed by atoms with E-state index < -0.39 is 0 Å². The van der Waals surface area contributed by atoms with E-state index in [1.807, 2.05) is 7.05 Å². The lowest BCUT2D eigenvalue weighted by atomic mass is 9.97. The van der Waals surface area contributed by atoms with Crippen molar-refractivity contribution >= 4 is 0 Å². The van der Waals surface area contributed by atoms with Crippen LogP contribution in [0, 0.1) is 13.8 Å². The third kappa shape index (κ3) is 2.62. The Morgan fingerprint density at radius 2 is 1.61 bits per heavy atom. The Balaban J connectivity index is 2.41. The van der Waals surface area contributed by atoms with E-state index >= 15 is 0 Å². The molecule has 2 aromatic rings. The van der Waals surface area contributed by atoms with Crippen molar-refractivity contribution in [3.63, 3.8) is 0 Å². The number of hydrogen-bond donors (Lipinski definition) is 1. The molecular weight excluding hydrogens is 218 g/mol. The predicted octanol–water partition coefficient (Wildman–Crippen LogP) is 4.25. The molecule has 1 N–H and O–H groups in total. The molecule has 2 rings (SSSR count). The van der Waals surface area contributed by atoms with E-state index in [2.05, 4.69) is 68.6 Å². The van der Waals surface area contributed by atoms with Gasteiger partial charge in [-0.05, 0) is 61.7 Å². The molecule has 0 aliphatic rings. The van der Waals surface area contributed by atoms with Crippen LogP contribution in [0.15, 0.2) is 42.5 Å². The van der Waals surface area contributed by atoms with E-state index in [1.54, 1.807) is 0 Å². The van der Waals surface area contributed by atoms with Gasteiger partial charge in [-0.15, -0.1) is 0 Å². The van der Waals surface area contributed by atoms with Crippen LogP contribution in [0.25, 0.3) is 11.1 Å². The molecule has 18 heavy (non-hydrogen) atoms. The largest absolute Gasteiger partial charge is 0.313 e. The zero-order valence-electron chi connectivity index (χ0n) is 11.6. The van der Waals surface area contributed by atoms with Crippen molar-refractivity contribution in [3.05, 3.63) is 59.2 Å². The lowest BCUT2D eigenvalue weighted by Crippen LogP contribution is -2.12. The van der Waals surface area contributed by atoms with Crippen LogP contribution in [0.5, 0.6) is 0 Å². The summed E-state index contributed by atoms with van der Waals surface area (Å²) in [5.41, 5.74) is 6.60. The molecule has 0 spiro atoms. The van der Waals surface area contributed by atoms with Crippen molar-refractivity contribution in [2.75, 3.05) is 7.05 Å². The van der Waals surface area contributed by atoms with Gasteiger partial charge in [-0.25, -0.2) is 0 Å². The SMILES string of the molecule is CNC(C)c1cccc(-c2ccc(C)c(C)c2)c1. The van der Waals surface area contributed by atoms with Crippen LogP contribution in [-0.2, 0) is 0 Å². The van der Waals surface area contributed by atoms with Gasteiger partial charge in [0.1, 0.15) is 0 Å². The summed E-state index contributed by atoms with van der Waals surface area (Å²) < 4.78 is 0. The Labute approximate surface area is 110 Å². The summed E-state index contributed by atoms with van der Waals surface area (Å²) in [6, 6.07) is 15.8. The summed E-state index contributed by atoms with van der Waals surface area (Å²) in [4.78, 5) is 0. The zero-order chi connectivity index (χ0) is 13.1. The highest BCUT2D eigenvalue weighted by atomic mass is 14.8. The number of benzene rings is 2. The molecule has 0 aliphatic heterocycles. The standard InChI is InChI=1S/C17H21N/c1-12-8-9-17(10-13(12)2)16-7-5-6-15(11-16)14(3)18-4/h5-11,14,18H,1-4H3. The normalized spacial score (nSPS) is 12.4. The van der Waals surface area contributed by atoms with Gasteiger partial charge in [0.25, 0.3) is 0 Å². The molecule has 1 heteroatoms. The maximum Gasteiger partial charge on any atom is 0.0289 e. The van der Waals surface area contributed by atoms with Gasteiger partial charge in [-0.1, -0.05) is 36.4 Å². The Kier molecular flexibility index (Phi) is 3.83. The van der Waals surface area contributed by atoms with Gasteiger partial charge in [-0.2, -0.15) is 0 Å². The Morgan fingerprint density at radius 1 is 0.889 bits per heavy atom. The lowest BCUT2D eigenvalue weighted by molar-refractivity contribution is 0.652. The average Bonchev–Trinajstić information content (AvgIpc) is 2.41. The van der Waals surface area contributed by atoms with Crippen LogP contribution < -0.4 is 5.32 Å². The van der Waals surface area contributed by atoms with E-state index in [1.165, 1.54) is 27.8 Å². The third-order valence-electron chi connectivity index (χ3n) is 3.66. The summed E-state index contributed by atoms with van der Waals surface area (Å²) in [6.45, 7) is 6.50. The molecular formula is C17H21N. The van der Waals surface area contributed by atoms with E-state index in [4.69, 9.17) is 0 Å². The van der Waals surface area contributed by atoms with Gasteiger partial charge in [0.15, 0.2) is 0 Å². The molecule has 0 aliphatic carbocycles. The monoisotopic (exact) mass is 239 g/mol. The summed E-state index contributed by atoms with van der Waals surface area (Å²) in [5.74, 6) is 0. The number of rotatable bonds is 3. The minimum atomic E-state index is 0.386. The predicted molar refractivity (Wildman–Crippen MR) is 78.8 cm³/mol. The van der Waals surface area contributed by atoms with Gasteiger partial charge in [0, 0.05) is 6.04 Å².